The summed E-state index contributed by atoms with van der Waals surface area (Å²) in [6.07, 6.45) is -9.13. The molecule has 0 aliphatic heterocycles. The van der Waals surface area contributed by atoms with Gasteiger partial charge in [-0.1, -0.05) is 0 Å². The average molecular weight is 569 g/mol. The maximum absolute atomic E-state index is 15.0. The fraction of sp³-hybridized carbons (Fsp3) is 0.136. The molecular formula is C22H17B3F7N3O5. The van der Waals surface area contributed by atoms with Crippen LogP contribution in [0.5, 0.6) is 23.0 Å². The number of aromatic nitrogens is 1. The normalized spacial score (nSPS) is 12.0. The summed E-state index contributed by atoms with van der Waals surface area (Å²) >= 11 is 0. The first kappa shape index (κ1) is 30.2. The van der Waals surface area contributed by atoms with Crippen LogP contribution in [0.1, 0.15) is 26.4 Å². The fourth-order valence-corrected chi connectivity index (χ4v) is 3.15. The number of amides is 2. The number of nitrogens with zero attached hydrogens (tertiary/aromatic N) is 1. The number of rotatable bonds is 8. The minimum atomic E-state index is -5.07. The number of benzene rings is 2. The van der Waals surface area contributed by atoms with Gasteiger partial charge in [-0.3, -0.25) is 9.59 Å². The number of nitrogens with two attached hydrogens (primary N) is 1. The molecule has 0 fully saturated rings. The van der Waals surface area contributed by atoms with Gasteiger partial charge in [0.15, 0.2) is 11.5 Å². The van der Waals surface area contributed by atoms with Crippen molar-refractivity contribution in [1.29, 1.82) is 0 Å². The van der Waals surface area contributed by atoms with Crippen LogP contribution in [0.15, 0.2) is 48.7 Å². The van der Waals surface area contributed by atoms with Gasteiger partial charge in [0.25, 0.3) is 11.8 Å². The largest absolute Gasteiger partial charge is 0.573 e. The van der Waals surface area contributed by atoms with Crippen LogP contribution in [0.2, 0.25) is 0 Å². The van der Waals surface area contributed by atoms with Crippen molar-refractivity contribution >= 4 is 41.0 Å². The second kappa shape index (κ2) is 11.0. The quantitative estimate of drug-likeness (QED) is 0.318. The van der Waals surface area contributed by atoms with Crippen molar-refractivity contribution in [3.8, 4) is 23.0 Å². The zero-order valence-corrected chi connectivity index (χ0v) is 20.8. The van der Waals surface area contributed by atoms with E-state index >= 15 is 0 Å². The van der Waals surface area contributed by atoms with Gasteiger partial charge in [0.1, 0.15) is 52.1 Å². The first-order valence-corrected chi connectivity index (χ1v) is 11.1. The van der Waals surface area contributed by atoms with Crippen molar-refractivity contribution in [2.75, 3.05) is 5.32 Å². The van der Waals surface area contributed by atoms with E-state index in [0.717, 1.165) is 30.5 Å². The number of alkyl halides is 6. The molecule has 2 aromatic carbocycles. The molecule has 0 bridgehead atoms. The lowest BCUT2D eigenvalue weighted by atomic mass is 9.52. The lowest BCUT2D eigenvalue weighted by Crippen LogP contribution is -2.37. The van der Waals surface area contributed by atoms with Gasteiger partial charge in [0, 0.05) is 11.4 Å². The van der Waals surface area contributed by atoms with Gasteiger partial charge in [-0.15, -0.1) is 13.2 Å². The molecule has 208 valence electrons. The van der Waals surface area contributed by atoms with Crippen molar-refractivity contribution < 1.29 is 54.5 Å². The Labute approximate surface area is 224 Å². The molecule has 0 aliphatic rings. The smallest absolute Gasteiger partial charge is 0.510 e. The number of anilines is 1. The van der Waals surface area contributed by atoms with Crippen molar-refractivity contribution in [1.82, 2.24) is 4.98 Å². The summed E-state index contributed by atoms with van der Waals surface area (Å²) in [5.74, 6) is -6.31. The molecule has 40 heavy (non-hydrogen) atoms. The molecule has 3 N–H and O–H groups in total. The number of hydrogen-bond acceptors (Lipinski definition) is 6. The average Bonchev–Trinajstić information content (AvgIpc) is 2.78. The SMILES string of the molecule is BC(B)(B)Oc1cc(OC(F)(F)F)ccc1Oc1cc(C(F)(F)F)cc(F)c1C(=O)Nc1ccc(C(N)=O)nc1. The summed E-state index contributed by atoms with van der Waals surface area (Å²) in [5, 5.41) is 1.16. The van der Waals surface area contributed by atoms with Crippen LogP contribution in [0.4, 0.5) is 36.4 Å². The Hall–Kier alpha value is -4.37. The third kappa shape index (κ3) is 8.07. The van der Waals surface area contributed by atoms with Crippen LogP contribution >= 0.6 is 0 Å². The Morgan fingerprint density at radius 3 is 2.08 bits per heavy atom. The predicted octanol–water partition coefficient (Wildman–Crippen LogP) is 2.17. The molecule has 3 aromatic rings. The number of halogens is 7. The molecule has 1 aromatic heterocycles. The summed E-state index contributed by atoms with van der Waals surface area (Å²) in [5.41, 5.74) is 2.35. The highest BCUT2D eigenvalue weighted by Crippen LogP contribution is 2.41. The molecule has 0 unspecified atom stereocenters. The van der Waals surface area contributed by atoms with E-state index in [1.54, 1.807) is 0 Å². The minimum Gasteiger partial charge on any atom is -0.510 e. The van der Waals surface area contributed by atoms with Gasteiger partial charge >= 0.3 is 12.5 Å². The van der Waals surface area contributed by atoms with Crippen LogP contribution < -0.4 is 25.3 Å². The highest BCUT2D eigenvalue weighted by molar-refractivity contribution is 6.58. The van der Waals surface area contributed by atoms with E-state index in [9.17, 15) is 40.3 Å². The van der Waals surface area contributed by atoms with E-state index in [4.69, 9.17) is 15.2 Å². The zero-order chi connectivity index (χ0) is 30.0. The third-order valence-corrected chi connectivity index (χ3v) is 4.67. The second-order valence-corrected chi connectivity index (χ2v) is 9.05. The van der Waals surface area contributed by atoms with Crippen LogP contribution in [0.25, 0.3) is 0 Å². The molecule has 1 heterocycles. The van der Waals surface area contributed by atoms with Gasteiger partial charge in [-0.2, -0.15) is 13.2 Å². The van der Waals surface area contributed by atoms with Gasteiger partial charge < -0.3 is 25.3 Å². The maximum atomic E-state index is 15.0. The Morgan fingerprint density at radius 2 is 1.55 bits per heavy atom. The van der Waals surface area contributed by atoms with Crippen LogP contribution in [-0.4, -0.2) is 52.0 Å². The molecule has 0 spiro atoms. The maximum Gasteiger partial charge on any atom is 0.573 e. The number of hydrogen-bond donors (Lipinski definition) is 2. The van der Waals surface area contributed by atoms with Crippen molar-refractivity contribution in [2.45, 2.75) is 17.8 Å². The molecule has 3 rings (SSSR count). The Kier molecular flexibility index (Phi) is 8.31. The van der Waals surface area contributed by atoms with Crippen LogP contribution in [0, 0.1) is 5.82 Å². The number of ether oxygens (including phenoxy) is 3. The van der Waals surface area contributed by atoms with E-state index in [1.165, 1.54) is 29.6 Å². The number of pyridine rings is 1. The van der Waals surface area contributed by atoms with Crippen LogP contribution in [-0.2, 0) is 6.18 Å². The predicted molar refractivity (Wildman–Crippen MR) is 134 cm³/mol. The monoisotopic (exact) mass is 569 g/mol. The summed E-state index contributed by atoms with van der Waals surface area (Å²) in [7, 11) is 4.57. The van der Waals surface area contributed by atoms with Gasteiger partial charge in [-0.25, -0.2) is 9.37 Å². The molecule has 8 nitrogen and oxygen atoms in total. The molecule has 0 radical (unpaired) electrons. The second-order valence-electron chi connectivity index (χ2n) is 9.05. The molecule has 0 atom stereocenters. The first-order chi connectivity index (χ1) is 18.3. The molecular weight excluding hydrogens is 552 g/mol. The fourth-order valence-electron chi connectivity index (χ4n) is 3.15. The topological polar surface area (TPSA) is 113 Å². The Bertz CT molecular complexity index is 1430. The zero-order valence-electron chi connectivity index (χ0n) is 20.8. The van der Waals surface area contributed by atoms with Gasteiger partial charge in [0.05, 0.1) is 17.4 Å². The van der Waals surface area contributed by atoms with E-state index in [0.29, 0.717) is 6.07 Å². The summed E-state index contributed by atoms with van der Waals surface area (Å²) in [6, 6.07) is 5.17. The standard InChI is InChI=1S/C22H17B3F7N3O5/c23-21(24,25)40-15-7-11(39-22(30,31)32)2-4-14(15)38-16-6-9(20(27,28)29)5-12(26)17(16)19(37)35-10-1-3-13(18(33)36)34-8-10/h1-8H,23-25H2,(H2,33,36)(H,35,37). The Balaban J connectivity index is 2.09. The lowest BCUT2D eigenvalue weighted by molar-refractivity contribution is -0.274. The summed E-state index contributed by atoms with van der Waals surface area (Å²) < 4.78 is 108. The number of nitrogens with one attached hydrogen (secondary N) is 1. The van der Waals surface area contributed by atoms with Crippen molar-refractivity contribution in [2.24, 2.45) is 5.73 Å². The van der Waals surface area contributed by atoms with E-state index < -0.39 is 69.6 Å². The van der Waals surface area contributed by atoms with E-state index in [1.807, 2.05) is 0 Å². The van der Waals surface area contributed by atoms with Crippen LogP contribution in [0.3, 0.4) is 0 Å². The van der Waals surface area contributed by atoms with Gasteiger partial charge in [-0.05, 0) is 36.4 Å². The van der Waals surface area contributed by atoms with E-state index in [-0.39, 0.29) is 17.4 Å². The Morgan fingerprint density at radius 1 is 0.875 bits per heavy atom. The third-order valence-electron chi connectivity index (χ3n) is 4.67. The minimum absolute atomic E-state index is 0.0725. The summed E-state index contributed by atoms with van der Waals surface area (Å²) in [6.45, 7) is 0. The summed E-state index contributed by atoms with van der Waals surface area (Å²) in [4.78, 5) is 27.8. The highest BCUT2D eigenvalue weighted by atomic mass is 19.4. The number of carbonyl (C=O) groups is 2. The van der Waals surface area contributed by atoms with Gasteiger partial charge in [0.2, 0.25) is 0 Å². The van der Waals surface area contributed by atoms with E-state index in [2.05, 4.69) is 15.0 Å². The highest BCUT2D eigenvalue weighted by Gasteiger charge is 2.35. The molecule has 18 heteroatoms. The van der Waals surface area contributed by atoms with Crippen molar-refractivity contribution in [3.63, 3.8) is 0 Å². The molecule has 0 saturated carbocycles. The first-order valence-electron chi connectivity index (χ1n) is 11.1. The lowest BCUT2D eigenvalue weighted by Gasteiger charge is -2.25. The van der Waals surface area contributed by atoms with Crippen molar-refractivity contribution in [3.05, 3.63) is 71.3 Å². The molecule has 0 saturated heterocycles. The molecule has 0 aliphatic carbocycles. The number of primary amides is 1. The molecule has 2 amide bonds. The number of carbonyl (C=O) groups excluding carboxylic acids is 2.